The Bertz CT molecular complexity index is 568. The summed E-state index contributed by atoms with van der Waals surface area (Å²) < 4.78 is 49.1. The fraction of sp³-hybridized carbons (Fsp3) is 0.333. The number of nitrogens with one attached hydrogen (secondary N) is 1. The minimum absolute atomic E-state index is 0.0800. The smallest absolute Gasteiger partial charge is 0.397 e. The molecule has 10 heteroatoms. The first-order chi connectivity index (χ1) is 10.1. The Balaban J connectivity index is 2.70. The van der Waals surface area contributed by atoms with E-state index in [1.165, 1.54) is 6.07 Å². The van der Waals surface area contributed by atoms with Gasteiger partial charge in [0.15, 0.2) is 6.04 Å². The van der Waals surface area contributed by atoms with Crippen molar-refractivity contribution < 1.29 is 32.3 Å². The summed E-state index contributed by atoms with van der Waals surface area (Å²) in [4.78, 5) is 22.6. The van der Waals surface area contributed by atoms with Crippen LogP contribution in [0.25, 0.3) is 0 Å². The van der Waals surface area contributed by atoms with Gasteiger partial charge in [0.2, 0.25) is 5.91 Å². The molecule has 1 aromatic carbocycles. The van der Waals surface area contributed by atoms with Gasteiger partial charge in [0.25, 0.3) is 0 Å². The van der Waals surface area contributed by atoms with E-state index in [9.17, 15) is 27.2 Å². The molecule has 1 unspecified atom stereocenters. The monoisotopic (exact) mass is 359 g/mol. The number of carbonyl (C=O) groups is 2. The second-order valence-corrected chi connectivity index (χ2v) is 5.51. The van der Waals surface area contributed by atoms with E-state index in [1.54, 1.807) is 0 Å². The molecule has 0 saturated heterocycles. The highest BCUT2D eigenvalue weighted by Crippen LogP contribution is 2.22. The Labute approximate surface area is 131 Å². The molecule has 1 rings (SSSR count). The van der Waals surface area contributed by atoms with Gasteiger partial charge in [-0.05, 0) is 17.7 Å². The maximum Gasteiger partial charge on any atom is 0.397 e. The topological polar surface area (TPSA) is 66.4 Å². The van der Waals surface area contributed by atoms with Crippen LogP contribution in [-0.2, 0) is 9.59 Å². The molecule has 0 heterocycles. The van der Waals surface area contributed by atoms with Crippen LogP contribution in [0.1, 0.15) is 11.6 Å². The van der Waals surface area contributed by atoms with Gasteiger partial charge < -0.3 is 10.4 Å². The van der Waals surface area contributed by atoms with Gasteiger partial charge in [-0.3, -0.25) is 4.79 Å². The van der Waals surface area contributed by atoms with E-state index in [0.717, 1.165) is 12.1 Å². The van der Waals surface area contributed by atoms with E-state index < -0.39 is 41.4 Å². The Morgan fingerprint density at radius 1 is 1.36 bits per heavy atom. The standard InChI is InChI=1S/C12H10ClF4NO3S/c13-7-2-1-6(3-8(7)14)10(11(20)21)18-9(19)4-22-5-12(15,16)17/h1-3,10H,4-5H2,(H,18,19)(H,20,21). The van der Waals surface area contributed by atoms with E-state index in [4.69, 9.17) is 16.7 Å². The van der Waals surface area contributed by atoms with Crippen molar-refractivity contribution in [3.05, 3.63) is 34.6 Å². The average molecular weight is 360 g/mol. The molecule has 1 aromatic rings. The summed E-state index contributed by atoms with van der Waals surface area (Å²) in [7, 11) is 0. The van der Waals surface area contributed by atoms with Crippen LogP contribution in [-0.4, -0.2) is 34.7 Å². The molecular formula is C12H10ClF4NO3S. The summed E-state index contributed by atoms with van der Waals surface area (Å²) in [5, 5.41) is 10.8. The molecule has 0 aromatic heterocycles. The quantitative estimate of drug-likeness (QED) is 0.766. The summed E-state index contributed by atoms with van der Waals surface area (Å²) in [6.45, 7) is 0. The van der Waals surface area contributed by atoms with Crippen molar-refractivity contribution in [2.45, 2.75) is 12.2 Å². The minimum Gasteiger partial charge on any atom is -0.479 e. The molecule has 2 N–H and O–H groups in total. The number of aliphatic carboxylic acids is 1. The third-order valence-corrected chi connectivity index (χ3v) is 3.63. The van der Waals surface area contributed by atoms with Gasteiger partial charge in [-0.2, -0.15) is 13.2 Å². The lowest BCUT2D eigenvalue weighted by Gasteiger charge is -2.15. The molecular weight excluding hydrogens is 350 g/mol. The predicted molar refractivity (Wildman–Crippen MR) is 73.3 cm³/mol. The lowest BCUT2D eigenvalue weighted by Crippen LogP contribution is -2.35. The molecule has 0 spiro atoms. The van der Waals surface area contributed by atoms with E-state index >= 15 is 0 Å². The molecule has 1 amide bonds. The highest BCUT2D eigenvalue weighted by atomic mass is 35.5. The van der Waals surface area contributed by atoms with Gasteiger partial charge in [0.1, 0.15) is 5.82 Å². The lowest BCUT2D eigenvalue weighted by molar-refractivity contribution is -0.141. The minimum atomic E-state index is -4.42. The van der Waals surface area contributed by atoms with Crippen LogP contribution in [0.15, 0.2) is 18.2 Å². The summed E-state index contributed by atoms with van der Waals surface area (Å²) in [6, 6.07) is 1.58. The SMILES string of the molecule is O=C(CSCC(F)(F)F)NC(C(=O)O)c1ccc(Cl)c(F)c1. The summed E-state index contributed by atoms with van der Waals surface area (Å²) in [5.41, 5.74) is -0.0800. The third-order valence-electron chi connectivity index (χ3n) is 2.33. The molecule has 0 aliphatic carbocycles. The van der Waals surface area contributed by atoms with E-state index in [1.807, 2.05) is 5.32 Å². The molecule has 0 aliphatic heterocycles. The van der Waals surface area contributed by atoms with Crippen LogP contribution >= 0.6 is 23.4 Å². The molecule has 0 bridgehead atoms. The Morgan fingerprint density at radius 2 is 2.00 bits per heavy atom. The molecule has 0 aliphatic rings. The molecule has 0 fully saturated rings. The Kier molecular flexibility index (Phi) is 6.48. The first-order valence-electron chi connectivity index (χ1n) is 5.72. The molecule has 4 nitrogen and oxygen atoms in total. The largest absolute Gasteiger partial charge is 0.479 e. The number of thioether (sulfide) groups is 1. The van der Waals surface area contributed by atoms with Crippen molar-refractivity contribution in [2.24, 2.45) is 0 Å². The number of carboxylic acids is 1. The fourth-order valence-corrected chi connectivity index (χ4v) is 2.16. The van der Waals surface area contributed by atoms with Gasteiger partial charge in [-0.1, -0.05) is 17.7 Å². The molecule has 1 atom stereocenters. The maximum absolute atomic E-state index is 13.3. The van der Waals surface area contributed by atoms with Gasteiger partial charge >= 0.3 is 12.1 Å². The zero-order valence-corrected chi connectivity index (χ0v) is 12.4. The zero-order valence-electron chi connectivity index (χ0n) is 10.8. The van der Waals surface area contributed by atoms with Gasteiger partial charge in [-0.15, -0.1) is 11.8 Å². The number of rotatable bonds is 6. The molecule has 0 radical (unpaired) electrons. The van der Waals surface area contributed by atoms with Crippen LogP contribution in [0.5, 0.6) is 0 Å². The number of hydrogen-bond acceptors (Lipinski definition) is 3. The number of halogens is 5. The maximum atomic E-state index is 13.3. The van der Waals surface area contributed by atoms with Crippen LogP contribution in [0.4, 0.5) is 17.6 Å². The highest BCUT2D eigenvalue weighted by molar-refractivity contribution is 8.00. The summed E-state index contributed by atoms with van der Waals surface area (Å²) >= 11 is 5.76. The Morgan fingerprint density at radius 3 is 2.50 bits per heavy atom. The third kappa shape index (κ3) is 6.10. The summed E-state index contributed by atoms with van der Waals surface area (Å²) in [6.07, 6.45) is -4.42. The normalized spacial score (nSPS) is 12.8. The second kappa shape index (κ2) is 7.68. The average Bonchev–Trinajstić information content (AvgIpc) is 2.37. The van der Waals surface area contributed by atoms with Gasteiger partial charge in [0, 0.05) is 0 Å². The van der Waals surface area contributed by atoms with Crippen molar-refractivity contribution in [1.29, 1.82) is 0 Å². The van der Waals surface area contributed by atoms with E-state index in [-0.39, 0.29) is 10.6 Å². The van der Waals surface area contributed by atoms with Gasteiger partial charge in [0.05, 0.1) is 16.5 Å². The van der Waals surface area contributed by atoms with Crippen LogP contribution in [0.2, 0.25) is 5.02 Å². The van der Waals surface area contributed by atoms with Crippen LogP contribution < -0.4 is 5.32 Å². The van der Waals surface area contributed by atoms with Crippen molar-refractivity contribution in [2.75, 3.05) is 11.5 Å². The first kappa shape index (κ1) is 18.6. The van der Waals surface area contributed by atoms with Crippen molar-refractivity contribution in [3.8, 4) is 0 Å². The fourth-order valence-electron chi connectivity index (χ4n) is 1.44. The molecule has 122 valence electrons. The molecule has 0 saturated carbocycles. The van der Waals surface area contributed by atoms with E-state index in [0.29, 0.717) is 11.8 Å². The van der Waals surface area contributed by atoms with Crippen molar-refractivity contribution in [3.63, 3.8) is 0 Å². The number of hydrogen-bond donors (Lipinski definition) is 2. The second-order valence-electron chi connectivity index (χ2n) is 4.12. The lowest BCUT2D eigenvalue weighted by atomic mass is 10.1. The molecule has 22 heavy (non-hydrogen) atoms. The van der Waals surface area contributed by atoms with Crippen LogP contribution in [0, 0.1) is 5.82 Å². The number of benzene rings is 1. The van der Waals surface area contributed by atoms with Crippen LogP contribution in [0.3, 0.4) is 0 Å². The van der Waals surface area contributed by atoms with Crippen molar-refractivity contribution >= 4 is 35.2 Å². The number of carboxylic acid groups (broad SMARTS) is 1. The Hall–Kier alpha value is -1.48. The van der Waals surface area contributed by atoms with E-state index in [2.05, 4.69) is 0 Å². The number of alkyl halides is 3. The van der Waals surface area contributed by atoms with Gasteiger partial charge in [-0.25, -0.2) is 9.18 Å². The zero-order chi connectivity index (χ0) is 16.9. The first-order valence-corrected chi connectivity index (χ1v) is 7.25. The predicted octanol–water partition coefficient (Wildman–Crippen LogP) is 3.02. The van der Waals surface area contributed by atoms with Crippen molar-refractivity contribution in [1.82, 2.24) is 5.32 Å². The number of amides is 1. The highest BCUT2D eigenvalue weighted by Gasteiger charge is 2.28. The number of carbonyl (C=O) groups excluding carboxylic acids is 1. The summed E-state index contributed by atoms with van der Waals surface area (Å²) in [5.74, 6) is -5.05.